The molecule has 0 saturated carbocycles. The van der Waals surface area contributed by atoms with Crippen molar-refractivity contribution in [1.29, 1.82) is 0 Å². The summed E-state index contributed by atoms with van der Waals surface area (Å²) in [7, 11) is 0. The molecule has 0 amide bonds. The van der Waals surface area contributed by atoms with E-state index in [2.05, 4.69) is 0 Å². The van der Waals surface area contributed by atoms with Gasteiger partial charge in [-0.15, -0.1) is 0 Å². The number of rotatable bonds is 5. The van der Waals surface area contributed by atoms with Crippen LogP contribution in [0, 0.1) is 5.92 Å². The fraction of sp³-hybridized carbons (Fsp3) is 0.357. The van der Waals surface area contributed by atoms with E-state index in [9.17, 15) is 4.79 Å². The Balaban J connectivity index is 2.35. The summed E-state index contributed by atoms with van der Waals surface area (Å²) in [6.07, 6.45) is 4.67. The second kappa shape index (κ2) is 6.83. The van der Waals surface area contributed by atoms with Crippen LogP contribution in [0.5, 0.6) is 0 Å². The molecule has 0 heterocycles. The molecule has 0 N–H and O–H groups in total. The average molecular weight is 218 g/mol. The number of ether oxygens (including phenoxy) is 1. The second-order valence-corrected chi connectivity index (χ2v) is 3.80. The Morgan fingerprint density at radius 1 is 1.38 bits per heavy atom. The summed E-state index contributed by atoms with van der Waals surface area (Å²) >= 11 is 0. The van der Waals surface area contributed by atoms with E-state index >= 15 is 0 Å². The molecule has 0 spiro atoms. The summed E-state index contributed by atoms with van der Waals surface area (Å²) in [5.41, 5.74) is 1.02. The Labute approximate surface area is 96.9 Å². The van der Waals surface area contributed by atoms with Gasteiger partial charge in [0.15, 0.2) is 0 Å². The highest BCUT2D eigenvalue weighted by atomic mass is 16.5. The van der Waals surface area contributed by atoms with E-state index in [1.54, 1.807) is 0 Å². The summed E-state index contributed by atoms with van der Waals surface area (Å²) in [6.45, 7) is 4.19. The van der Waals surface area contributed by atoms with Crippen molar-refractivity contribution in [1.82, 2.24) is 0 Å². The van der Waals surface area contributed by atoms with Crippen LogP contribution in [0.2, 0.25) is 0 Å². The zero-order chi connectivity index (χ0) is 11.8. The normalized spacial score (nSPS) is 12.6. The largest absolute Gasteiger partial charge is 0.461 e. The lowest BCUT2D eigenvalue weighted by Gasteiger charge is -2.09. The highest BCUT2D eigenvalue weighted by Crippen LogP contribution is 2.08. The molecule has 0 aliphatic heterocycles. The molecule has 86 valence electrons. The van der Waals surface area contributed by atoms with Crippen LogP contribution in [-0.4, -0.2) is 5.97 Å². The maximum Gasteiger partial charge on any atom is 0.309 e. The van der Waals surface area contributed by atoms with Crippen LogP contribution in [0.4, 0.5) is 0 Å². The predicted molar refractivity (Wildman–Crippen MR) is 64.8 cm³/mol. The zero-order valence-corrected chi connectivity index (χ0v) is 9.85. The van der Waals surface area contributed by atoms with E-state index in [4.69, 9.17) is 4.74 Å². The minimum absolute atomic E-state index is 0.0695. The lowest BCUT2D eigenvalue weighted by molar-refractivity contribution is -0.149. The Morgan fingerprint density at radius 2 is 2.06 bits per heavy atom. The van der Waals surface area contributed by atoms with Crippen molar-refractivity contribution >= 4 is 5.97 Å². The first kappa shape index (κ1) is 12.5. The monoisotopic (exact) mass is 218 g/mol. The molecule has 16 heavy (non-hydrogen) atoms. The van der Waals surface area contributed by atoms with Crippen molar-refractivity contribution in [2.45, 2.75) is 26.9 Å². The molecule has 1 aromatic carbocycles. The van der Waals surface area contributed by atoms with Gasteiger partial charge >= 0.3 is 5.97 Å². The average Bonchev–Trinajstić information content (AvgIpc) is 2.34. The van der Waals surface area contributed by atoms with Gasteiger partial charge in [-0.25, -0.2) is 0 Å². The highest BCUT2D eigenvalue weighted by Gasteiger charge is 2.12. The minimum Gasteiger partial charge on any atom is -0.461 e. The van der Waals surface area contributed by atoms with Crippen molar-refractivity contribution < 1.29 is 9.53 Å². The number of esters is 1. The summed E-state index contributed by atoms with van der Waals surface area (Å²) in [5, 5.41) is 0. The molecule has 2 heteroatoms. The van der Waals surface area contributed by atoms with E-state index < -0.39 is 0 Å². The van der Waals surface area contributed by atoms with Gasteiger partial charge in [0, 0.05) is 0 Å². The quantitative estimate of drug-likeness (QED) is 0.559. The molecular formula is C14H18O2. The van der Waals surface area contributed by atoms with Gasteiger partial charge < -0.3 is 4.74 Å². The Kier molecular flexibility index (Phi) is 5.34. The van der Waals surface area contributed by atoms with Gasteiger partial charge in [0.1, 0.15) is 6.61 Å². The molecule has 0 unspecified atom stereocenters. The highest BCUT2D eigenvalue weighted by molar-refractivity contribution is 5.72. The third-order valence-corrected chi connectivity index (χ3v) is 2.35. The maximum absolute atomic E-state index is 11.6. The summed E-state index contributed by atoms with van der Waals surface area (Å²) in [6, 6.07) is 9.71. The maximum atomic E-state index is 11.6. The first-order valence-corrected chi connectivity index (χ1v) is 5.55. The van der Waals surface area contributed by atoms with Crippen LogP contribution in [0.25, 0.3) is 0 Å². The number of carbonyl (C=O) groups is 1. The van der Waals surface area contributed by atoms with Crippen LogP contribution in [0.15, 0.2) is 42.5 Å². The van der Waals surface area contributed by atoms with Gasteiger partial charge in [-0.3, -0.25) is 4.79 Å². The molecule has 0 bridgehead atoms. The van der Waals surface area contributed by atoms with Crippen molar-refractivity contribution in [2.75, 3.05) is 0 Å². The Bertz CT molecular complexity index is 341. The standard InChI is InChI=1S/C14H18O2/c1-3-4-8-12(2)14(15)16-11-13-9-6-5-7-10-13/h3-7,9-10,12H,8,11H2,1-2H3/b4-3+/t12-/m1/s1. The lowest BCUT2D eigenvalue weighted by atomic mass is 10.1. The molecule has 0 radical (unpaired) electrons. The van der Waals surface area contributed by atoms with Crippen LogP contribution in [0.1, 0.15) is 25.8 Å². The van der Waals surface area contributed by atoms with Gasteiger partial charge in [0.05, 0.1) is 5.92 Å². The van der Waals surface area contributed by atoms with Gasteiger partial charge in [0.25, 0.3) is 0 Å². The number of benzene rings is 1. The van der Waals surface area contributed by atoms with Gasteiger partial charge in [-0.2, -0.15) is 0 Å². The number of carbonyl (C=O) groups excluding carboxylic acids is 1. The molecule has 0 aliphatic rings. The second-order valence-electron chi connectivity index (χ2n) is 3.80. The number of hydrogen-bond acceptors (Lipinski definition) is 2. The third-order valence-electron chi connectivity index (χ3n) is 2.35. The fourth-order valence-electron chi connectivity index (χ4n) is 1.31. The van der Waals surface area contributed by atoms with Crippen LogP contribution in [-0.2, 0) is 16.1 Å². The van der Waals surface area contributed by atoms with E-state index in [1.165, 1.54) is 0 Å². The summed E-state index contributed by atoms with van der Waals surface area (Å²) < 4.78 is 5.21. The van der Waals surface area contributed by atoms with Crippen molar-refractivity contribution in [3.05, 3.63) is 48.0 Å². The molecule has 0 saturated heterocycles. The summed E-state index contributed by atoms with van der Waals surface area (Å²) in [4.78, 5) is 11.6. The first-order valence-electron chi connectivity index (χ1n) is 5.55. The first-order chi connectivity index (χ1) is 7.74. The molecule has 0 fully saturated rings. The Hall–Kier alpha value is -1.57. The zero-order valence-electron chi connectivity index (χ0n) is 9.85. The van der Waals surface area contributed by atoms with E-state index in [1.807, 2.05) is 56.3 Å². The fourth-order valence-corrected chi connectivity index (χ4v) is 1.31. The van der Waals surface area contributed by atoms with Crippen molar-refractivity contribution in [3.63, 3.8) is 0 Å². The smallest absolute Gasteiger partial charge is 0.309 e. The molecule has 1 aromatic rings. The molecule has 1 atom stereocenters. The Morgan fingerprint density at radius 3 is 2.69 bits per heavy atom. The molecule has 1 rings (SSSR count). The SMILES string of the molecule is C/C=C/C[C@@H](C)C(=O)OCc1ccccc1. The van der Waals surface area contributed by atoms with E-state index in [0.717, 1.165) is 12.0 Å². The number of allylic oxidation sites excluding steroid dienone is 2. The molecule has 2 nitrogen and oxygen atoms in total. The number of hydrogen-bond donors (Lipinski definition) is 0. The van der Waals surface area contributed by atoms with E-state index in [-0.39, 0.29) is 11.9 Å². The summed E-state index contributed by atoms with van der Waals surface area (Å²) in [5.74, 6) is -0.207. The van der Waals surface area contributed by atoms with Crippen LogP contribution >= 0.6 is 0 Å². The van der Waals surface area contributed by atoms with Crippen LogP contribution in [0.3, 0.4) is 0 Å². The van der Waals surface area contributed by atoms with Crippen LogP contribution < -0.4 is 0 Å². The minimum atomic E-state index is -0.137. The third kappa shape index (κ3) is 4.30. The van der Waals surface area contributed by atoms with E-state index in [0.29, 0.717) is 6.61 Å². The van der Waals surface area contributed by atoms with Crippen molar-refractivity contribution in [2.24, 2.45) is 5.92 Å². The van der Waals surface area contributed by atoms with Gasteiger partial charge in [-0.05, 0) is 18.9 Å². The van der Waals surface area contributed by atoms with Gasteiger partial charge in [0.2, 0.25) is 0 Å². The van der Waals surface area contributed by atoms with Crippen molar-refractivity contribution in [3.8, 4) is 0 Å². The lowest BCUT2D eigenvalue weighted by Crippen LogP contribution is -2.13. The predicted octanol–water partition coefficient (Wildman–Crippen LogP) is 3.33. The molecule has 0 aliphatic carbocycles. The van der Waals surface area contributed by atoms with Gasteiger partial charge in [-0.1, -0.05) is 49.4 Å². The topological polar surface area (TPSA) is 26.3 Å². The molecular weight excluding hydrogens is 200 g/mol. The molecule has 0 aromatic heterocycles.